The third-order valence-corrected chi connectivity index (χ3v) is 3.67. The summed E-state index contributed by atoms with van der Waals surface area (Å²) in [6.45, 7) is 0. The number of aromatic amines is 1. The van der Waals surface area contributed by atoms with Crippen molar-refractivity contribution in [1.82, 2.24) is 14.9 Å². The second-order valence-corrected chi connectivity index (χ2v) is 5.59. The predicted octanol–water partition coefficient (Wildman–Crippen LogP) is 4.05. The fourth-order valence-corrected chi connectivity index (χ4v) is 2.33. The smallest absolute Gasteiger partial charge is 0.258 e. The van der Waals surface area contributed by atoms with Crippen LogP contribution in [-0.4, -0.2) is 26.0 Å². The Morgan fingerprint density at radius 3 is 2.75 bits per heavy atom. The van der Waals surface area contributed by atoms with Crippen LogP contribution in [0.25, 0.3) is 11.4 Å². The van der Waals surface area contributed by atoms with Gasteiger partial charge in [-0.25, -0.2) is 5.10 Å². The second-order valence-electron chi connectivity index (χ2n) is 4.77. The Hall–Kier alpha value is -2.84. The van der Waals surface area contributed by atoms with Crippen molar-refractivity contribution in [2.24, 2.45) is 5.10 Å². The van der Waals surface area contributed by atoms with Crippen LogP contribution in [0.1, 0.15) is 5.56 Å². The highest BCUT2D eigenvalue weighted by atomic mass is 35.5. The summed E-state index contributed by atoms with van der Waals surface area (Å²) in [5.74, 6) is 0.512. The van der Waals surface area contributed by atoms with Crippen LogP contribution >= 0.6 is 23.8 Å². The van der Waals surface area contributed by atoms with Crippen LogP contribution in [0.3, 0.4) is 0 Å². The lowest BCUT2D eigenvalue weighted by Crippen LogP contribution is -1.95. The predicted molar refractivity (Wildman–Crippen MR) is 93.9 cm³/mol. The number of nitrogens with one attached hydrogen (secondary N) is 1. The van der Waals surface area contributed by atoms with Gasteiger partial charge >= 0.3 is 0 Å². The molecule has 0 unspecified atom stereocenters. The minimum absolute atomic E-state index is 0.00679. The summed E-state index contributed by atoms with van der Waals surface area (Å²) in [5.41, 5.74) is 1.35. The monoisotopic (exact) mass is 359 g/mol. The van der Waals surface area contributed by atoms with Gasteiger partial charge in [-0.1, -0.05) is 23.7 Å². The molecule has 3 rings (SSSR count). The average molecular weight is 360 g/mol. The molecule has 3 aromatic rings. The molecule has 120 valence electrons. The lowest BCUT2D eigenvalue weighted by molar-refractivity contribution is -0.384. The molecule has 0 bridgehead atoms. The van der Waals surface area contributed by atoms with Crippen LogP contribution < -0.4 is 0 Å². The van der Waals surface area contributed by atoms with Crippen molar-refractivity contribution in [3.63, 3.8) is 0 Å². The SMILES string of the molecule is O=[N+]([O-])c1cccc(/C=N\n2c(-c3ccc(Cl)cc3)n[nH]c2=S)c1. The van der Waals surface area contributed by atoms with Crippen LogP contribution in [0.4, 0.5) is 5.69 Å². The third kappa shape index (κ3) is 3.39. The van der Waals surface area contributed by atoms with Gasteiger partial charge in [-0.3, -0.25) is 10.1 Å². The van der Waals surface area contributed by atoms with E-state index in [9.17, 15) is 10.1 Å². The zero-order chi connectivity index (χ0) is 17.1. The number of aromatic nitrogens is 3. The number of benzene rings is 2. The molecule has 0 saturated carbocycles. The van der Waals surface area contributed by atoms with Crippen LogP contribution in [0.5, 0.6) is 0 Å². The first kappa shape index (κ1) is 16.0. The van der Waals surface area contributed by atoms with Gasteiger partial charge in [-0.2, -0.15) is 14.9 Å². The molecule has 0 amide bonds. The molecule has 0 atom stereocenters. The van der Waals surface area contributed by atoms with Crippen molar-refractivity contribution in [3.05, 3.63) is 74.0 Å². The zero-order valence-corrected chi connectivity index (χ0v) is 13.7. The van der Waals surface area contributed by atoms with Gasteiger partial charge < -0.3 is 0 Å². The third-order valence-electron chi connectivity index (χ3n) is 3.16. The Morgan fingerprint density at radius 1 is 1.29 bits per heavy atom. The maximum Gasteiger partial charge on any atom is 0.270 e. The van der Waals surface area contributed by atoms with Crippen molar-refractivity contribution >= 4 is 35.7 Å². The highest BCUT2D eigenvalue weighted by molar-refractivity contribution is 7.71. The van der Waals surface area contributed by atoms with E-state index in [2.05, 4.69) is 15.3 Å². The van der Waals surface area contributed by atoms with Crippen molar-refractivity contribution in [1.29, 1.82) is 0 Å². The zero-order valence-electron chi connectivity index (χ0n) is 12.1. The number of nitrogens with zero attached hydrogens (tertiary/aromatic N) is 4. The normalized spacial score (nSPS) is 11.0. The van der Waals surface area contributed by atoms with Gasteiger partial charge in [0.15, 0.2) is 5.82 Å². The Balaban J connectivity index is 1.97. The van der Waals surface area contributed by atoms with Crippen molar-refractivity contribution in [3.8, 4) is 11.4 Å². The number of nitro benzene ring substituents is 1. The van der Waals surface area contributed by atoms with Gasteiger partial charge in [0, 0.05) is 28.3 Å². The minimum atomic E-state index is -0.458. The minimum Gasteiger partial charge on any atom is -0.258 e. The maximum absolute atomic E-state index is 10.8. The molecule has 1 aromatic heterocycles. The van der Waals surface area contributed by atoms with E-state index in [4.69, 9.17) is 23.8 Å². The summed E-state index contributed by atoms with van der Waals surface area (Å²) in [7, 11) is 0. The van der Waals surface area contributed by atoms with E-state index < -0.39 is 4.92 Å². The molecule has 9 heteroatoms. The van der Waals surface area contributed by atoms with Crippen LogP contribution in [0.2, 0.25) is 5.02 Å². The first-order valence-electron chi connectivity index (χ1n) is 6.77. The number of non-ortho nitro benzene ring substituents is 1. The van der Waals surface area contributed by atoms with E-state index >= 15 is 0 Å². The molecular formula is C15H10ClN5O2S. The highest BCUT2D eigenvalue weighted by Gasteiger charge is 2.08. The summed E-state index contributed by atoms with van der Waals surface area (Å²) in [6.07, 6.45) is 1.48. The van der Waals surface area contributed by atoms with E-state index in [1.165, 1.54) is 23.0 Å². The fraction of sp³-hybridized carbons (Fsp3) is 0. The molecule has 0 spiro atoms. The quantitative estimate of drug-likeness (QED) is 0.329. The highest BCUT2D eigenvalue weighted by Crippen LogP contribution is 2.20. The van der Waals surface area contributed by atoms with Gasteiger partial charge in [0.25, 0.3) is 5.69 Å². The Kier molecular flexibility index (Phi) is 4.50. The van der Waals surface area contributed by atoms with E-state index in [0.29, 0.717) is 21.2 Å². The van der Waals surface area contributed by atoms with E-state index in [0.717, 1.165) is 5.56 Å². The molecule has 1 N–H and O–H groups in total. The van der Waals surface area contributed by atoms with Crippen LogP contribution in [-0.2, 0) is 0 Å². The molecule has 0 aliphatic carbocycles. The second kappa shape index (κ2) is 6.73. The summed E-state index contributed by atoms with van der Waals surface area (Å²) < 4.78 is 1.75. The van der Waals surface area contributed by atoms with Crippen molar-refractivity contribution in [2.45, 2.75) is 0 Å². The summed E-state index contributed by atoms with van der Waals surface area (Å²) in [5, 5.41) is 22.5. The standard InChI is InChI=1S/C15H10ClN5O2S/c16-12-6-4-11(5-7-12)14-18-19-15(24)20(14)17-9-10-2-1-3-13(8-10)21(22)23/h1-9H,(H,19,24)/b17-9-. The number of hydrogen-bond acceptors (Lipinski definition) is 5. The lowest BCUT2D eigenvalue weighted by atomic mass is 10.2. The van der Waals surface area contributed by atoms with Crippen LogP contribution in [0, 0.1) is 14.9 Å². The molecule has 0 fully saturated rings. The summed E-state index contributed by atoms with van der Waals surface area (Å²) >= 11 is 11.1. The number of halogens is 1. The van der Waals surface area contributed by atoms with Crippen LogP contribution in [0.15, 0.2) is 53.6 Å². The van der Waals surface area contributed by atoms with Gasteiger partial charge in [0.2, 0.25) is 4.77 Å². The van der Waals surface area contributed by atoms with Gasteiger partial charge in [0.05, 0.1) is 11.1 Å². The maximum atomic E-state index is 10.8. The first-order chi connectivity index (χ1) is 11.5. The van der Waals surface area contributed by atoms with Gasteiger partial charge in [-0.05, 0) is 36.5 Å². The molecule has 0 aliphatic heterocycles. The molecular weight excluding hydrogens is 350 g/mol. The van der Waals surface area contributed by atoms with E-state index in [1.807, 2.05) is 0 Å². The van der Waals surface area contributed by atoms with Crippen molar-refractivity contribution < 1.29 is 4.92 Å². The van der Waals surface area contributed by atoms with Gasteiger partial charge in [0.1, 0.15) is 0 Å². The molecule has 0 saturated heterocycles. The lowest BCUT2D eigenvalue weighted by Gasteiger charge is -2.01. The molecule has 7 nitrogen and oxygen atoms in total. The first-order valence-corrected chi connectivity index (χ1v) is 7.55. The molecule has 2 aromatic carbocycles. The topological polar surface area (TPSA) is 89.1 Å². The number of rotatable bonds is 4. The number of hydrogen-bond donors (Lipinski definition) is 1. The largest absolute Gasteiger partial charge is 0.270 e. The Bertz CT molecular complexity index is 978. The molecule has 24 heavy (non-hydrogen) atoms. The number of nitro groups is 1. The summed E-state index contributed by atoms with van der Waals surface area (Å²) in [4.78, 5) is 10.4. The fourth-order valence-electron chi connectivity index (χ4n) is 2.03. The Labute approximate surface area is 146 Å². The average Bonchev–Trinajstić information content (AvgIpc) is 2.95. The van der Waals surface area contributed by atoms with E-state index in [1.54, 1.807) is 36.4 Å². The summed E-state index contributed by atoms with van der Waals surface area (Å²) in [6, 6.07) is 13.2. The molecule has 0 aliphatic rings. The molecule has 0 radical (unpaired) electrons. The number of H-pyrrole nitrogens is 1. The van der Waals surface area contributed by atoms with E-state index in [-0.39, 0.29) is 5.69 Å². The van der Waals surface area contributed by atoms with Crippen molar-refractivity contribution in [2.75, 3.05) is 0 Å². The van der Waals surface area contributed by atoms with Gasteiger partial charge in [-0.15, -0.1) is 0 Å². The molecule has 1 heterocycles. The Morgan fingerprint density at radius 2 is 2.04 bits per heavy atom.